The van der Waals surface area contributed by atoms with Gasteiger partial charge in [0.15, 0.2) is 0 Å². The third kappa shape index (κ3) is 1.76. The number of anilines is 1. The van der Waals surface area contributed by atoms with Gasteiger partial charge >= 0.3 is 0 Å². The molecule has 2 unspecified atom stereocenters. The molecule has 4 rings (SSSR count). The highest BCUT2D eigenvalue weighted by Gasteiger charge is 2.40. The van der Waals surface area contributed by atoms with Crippen molar-refractivity contribution in [3.63, 3.8) is 0 Å². The smallest absolute Gasteiger partial charge is 0.239 e. The van der Waals surface area contributed by atoms with Gasteiger partial charge in [0.25, 0.3) is 0 Å². The Kier molecular flexibility index (Phi) is 2.12. The zero-order chi connectivity index (χ0) is 13.0. The molecule has 1 fully saturated rings. The van der Waals surface area contributed by atoms with Gasteiger partial charge in [0.05, 0.1) is 23.9 Å². The summed E-state index contributed by atoms with van der Waals surface area (Å²) in [5.41, 5.74) is 1.74. The summed E-state index contributed by atoms with van der Waals surface area (Å²) in [7, 11) is 0. The Bertz CT molecular complexity index is 635. The van der Waals surface area contributed by atoms with Crippen molar-refractivity contribution in [2.24, 2.45) is 0 Å². The van der Waals surface area contributed by atoms with Crippen molar-refractivity contribution in [3.8, 4) is 5.88 Å². The lowest BCUT2D eigenvalue weighted by Gasteiger charge is -2.43. The van der Waals surface area contributed by atoms with Crippen LogP contribution in [0.15, 0.2) is 18.3 Å². The van der Waals surface area contributed by atoms with E-state index in [1.165, 1.54) is 0 Å². The van der Waals surface area contributed by atoms with E-state index in [1.54, 1.807) is 0 Å². The minimum absolute atomic E-state index is 0.0421. The zero-order valence-electron chi connectivity index (χ0n) is 11.1. The quantitative estimate of drug-likeness (QED) is 0.762. The number of fused-ring (bicyclic) bond motifs is 3. The fourth-order valence-electron chi connectivity index (χ4n) is 2.91. The van der Waals surface area contributed by atoms with Crippen LogP contribution in [-0.2, 0) is 4.74 Å². The molecular weight excluding hydrogens is 242 g/mol. The van der Waals surface area contributed by atoms with Crippen molar-refractivity contribution in [2.75, 3.05) is 11.9 Å². The van der Waals surface area contributed by atoms with Crippen molar-refractivity contribution in [3.05, 3.63) is 18.3 Å². The Balaban J connectivity index is 1.72. The average molecular weight is 259 g/mol. The van der Waals surface area contributed by atoms with Crippen molar-refractivity contribution in [2.45, 2.75) is 38.0 Å². The van der Waals surface area contributed by atoms with E-state index in [9.17, 15) is 0 Å². The van der Waals surface area contributed by atoms with Gasteiger partial charge in [0.1, 0.15) is 11.8 Å². The molecule has 100 valence electrons. The molecule has 0 aliphatic carbocycles. The van der Waals surface area contributed by atoms with Gasteiger partial charge in [0.2, 0.25) is 5.88 Å². The maximum absolute atomic E-state index is 5.99. The topological polar surface area (TPSA) is 59.2 Å². The fourth-order valence-corrected chi connectivity index (χ4v) is 2.91. The van der Waals surface area contributed by atoms with Crippen LogP contribution in [0.25, 0.3) is 11.0 Å². The molecule has 19 heavy (non-hydrogen) atoms. The Morgan fingerprint density at radius 2 is 2.32 bits per heavy atom. The van der Waals surface area contributed by atoms with Gasteiger partial charge < -0.3 is 19.8 Å². The normalized spacial score (nSPS) is 28.1. The van der Waals surface area contributed by atoms with Crippen LogP contribution in [0.2, 0.25) is 0 Å². The summed E-state index contributed by atoms with van der Waals surface area (Å²) in [6.45, 7) is 4.84. The SMILES string of the molecule is CC1(C)CC2Nc3cc4cc[nH]c4nc3OC2CO1. The average Bonchev–Trinajstić information content (AvgIpc) is 2.79. The van der Waals surface area contributed by atoms with E-state index in [4.69, 9.17) is 9.47 Å². The van der Waals surface area contributed by atoms with E-state index >= 15 is 0 Å². The molecule has 0 saturated carbocycles. The van der Waals surface area contributed by atoms with E-state index in [1.807, 2.05) is 12.3 Å². The number of aromatic nitrogens is 2. The summed E-state index contributed by atoms with van der Waals surface area (Å²) in [5, 5.41) is 4.65. The summed E-state index contributed by atoms with van der Waals surface area (Å²) >= 11 is 0. The van der Waals surface area contributed by atoms with Crippen molar-refractivity contribution < 1.29 is 9.47 Å². The van der Waals surface area contributed by atoms with Crippen LogP contribution in [0.4, 0.5) is 5.69 Å². The third-order valence-corrected chi connectivity index (χ3v) is 3.90. The number of hydrogen-bond donors (Lipinski definition) is 2. The molecule has 0 bridgehead atoms. The molecule has 0 radical (unpaired) electrons. The lowest BCUT2D eigenvalue weighted by molar-refractivity contribution is -0.105. The van der Waals surface area contributed by atoms with Gasteiger partial charge in [-0.15, -0.1) is 0 Å². The van der Waals surface area contributed by atoms with Gasteiger partial charge in [-0.2, -0.15) is 4.98 Å². The molecule has 2 aromatic rings. The lowest BCUT2D eigenvalue weighted by atomic mass is 9.91. The standard InChI is InChI=1S/C14H17N3O2/c1-14(2)6-10-11(7-18-14)19-13-9(16-10)5-8-3-4-15-12(8)17-13/h3-5,10-11,16H,6-7H2,1-2H3,(H,15,17). The number of nitrogens with zero attached hydrogens (tertiary/aromatic N) is 1. The lowest BCUT2D eigenvalue weighted by Crippen LogP contribution is -2.54. The molecule has 2 aromatic heterocycles. The number of aromatic amines is 1. The van der Waals surface area contributed by atoms with E-state index in [0.717, 1.165) is 23.1 Å². The minimum Gasteiger partial charge on any atom is -0.468 e. The second-order valence-electron chi connectivity index (χ2n) is 5.94. The summed E-state index contributed by atoms with van der Waals surface area (Å²) in [4.78, 5) is 7.61. The predicted molar refractivity (Wildman–Crippen MR) is 72.6 cm³/mol. The first-order valence-corrected chi connectivity index (χ1v) is 6.66. The van der Waals surface area contributed by atoms with E-state index in [2.05, 4.69) is 35.2 Å². The van der Waals surface area contributed by atoms with E-state index in [0.29, 0.717) is 12.5 Å². The molecule has 2 aliphatic heterocycles. The molecule has 0 aromatic carbocycles. The number of hydrogen-bond acceptors (Lipinski definition) is 4. The number of ether oxygens (including phenoxy) is 2. The fraction of sp³-hybridized carbons (Fsp3) is 0.500. The molecule has 5 heteroatoms. The molecule has 1 saturated heterocycles. The van der Waals surface area contributed by atoms with Crippen LogP contribution >= 0.6 is 0 Å². The summed E-state index contributed by atoms with van der Waals surface area (Å²) in [6.07, 6.45) is 2.87. The summed E-state index contributed by atoms with van der Waals surface area (Å²) < 4.78 is 11.8. The van der Waals surface area contributed by atoms with E-state index in [-0.39, 0.29) is 17.7 Å². The van der Waals surface area contributed by atoms with Crippen LogP contribution in [0.3, 0.4) is 0 Å². The van der Waals surface area contributed by atoms with E-state index < -0.39 is 0 Å². The predicted octanol–water partition coefficient (Wildman–Crippen LogP) is 2.30. The highest BCUT2D eigenvalue weighted by atomic mass is 16.6. The molecule has 0 amide bonds. The first-order chi connectivity index (χ1) is 9.11. The van der Waals surface area contributed by atoms with Gasteiger partial charge in [-0.3, -0.25) is 0 Å². The monoisotopic (exact) mass is 259 g/mol. The minimum atomic E-state index is -0.0966. The molecule has 5 nitrogen and oxygen atoms in total. The number of rotatable bonds is 0. The van der Waals surface area contributed by atoms with Crippen LogP contribution in [0.1, 0.15) is 20.3 Å². The molecule has 0 spiro atoms. The Morgan fingerprint density at radius 1 is 1.42 bits per heavy atom. The molecule has 4 heterocycles. The summed E-state index contributed by atoms with van der Waals surface area (Å²) in [6, 6.07) is 4.39. The molecule has 2 N–H and O–H groups in total. The Morgan fingerprint density at radius 3 is 3.21 bits per heavy atom. The first kappa shape index (κ1) is 11.1. The van der Waals surface area contributed by atoms with Crippen molar-refractivity contribution in [1.29, 1.82) is 0 Å². The van der Waals surface area contributed by atoms with Crippen LogP contribution in [0, 0.1) is 0 Å². The number of pyridine rings is 1. The second kappa shape index (κ2) is 3.63. The molecule has 2 atom stereocenters. The highest BCUT2D eigenvalue weighted by molar-refractivity contribution is 5.81. The number of nitrogens with one attached hydrogen (secondary N) is 2. The molecular formula is C14H17N3O2. The maximum Gasteiger partial charge on any atom is 0.239 e. The summed E-state index contributed by atoms with van der Waals surface area (Å²) in [5.74, 6) is 0.666. The number of H-pyrrole nitrogens is 1. The van der Waals surface area contributed by atoms with Crippen LogP contribution in [0.5, 0.6) is 5.88 Å². The Labute approximate surface area is 111 Å². The Hall–Kier alpha value is -1.75. The zero-order valence-corrected chi connectivity index (χ0v) is 11.1. The largest absolute Gasteiger partial charge is 0.468 e. The van der Waals surface area contributed by atoms with Gasteiger partial charge in [-0.05, 0) is 32.4 Å². The second-order valence-corrected chi connectivity index (χ2v) is 5.94. The van der Waals surface area contributed by atoms with Gasteiger partial charge in [-0.1, -0.05) is 0 Å². The maximum atomic E-state index is 5.99. The van der Waals surface area contributed by atoms with Gasteiger partial charge in [-0.25, -0.2) is 0 Å². The molecule has 2 aliphatic rings. The van der Waals surface area contributed by atoms with Crippen LogP contribution in [-0.4, -0.2) is 34.3 Å². The first-order valence-electron chi connectivity index (χ1n) is 6.66. The highest BCUT2D eigenvalue weighted by Crippen LogP contribution is 2.37. The van der Waals surface area contributed by atoms with Crippen molar-refractivity contribution in [1.82, 2.24) is 9.97 Å². The van der Waals surface area contributed by atoms with Gasteiger partial charge in [0, 0.05) is 11.6 Å². The van der Waals surface area contributed by atoms with Crippen molar-refractivity contribution >= 4 is 16.7 Å². The third-order valence-electron chi connectivity index (χ3n) is 3.90. The van der Waals surface area contributed by atoms with Crippen LogP contribution < -0.4 is 10.1 Å².